The lowest BCUT2D eigenvalue weighted by Gasteiger charge is -2.12. The minimum absolute atomic E-state index is 0.0169. The average molecular weight is 415 g/mol. The zero-order valence-corrected chi connectivity index (χ0v) is 17.3. The van der Waals surface area contributed by atoms with Crippen LogP contribution >= 0.6 is 11.3 Å². The second kappa shape index (κ2) is 8.40. The Bertz CT molecular complexity index is 1070. The van der Waals surface area contributed by atoms with Crippen LogP contribution in [0.25, 0.3) is 10.1 Å². The van der Waals surface area contributed by atoms with Gasteiger partial charge in [0.15, 0.2) is 5.75 Å². The summed E-state index contributed by atoms with van der Waals surface area (Å²) in [7, 11) is 2.80. The van der Waals surface area contributed by atoms with E-state index in [0.29, 0.717) is 22.1 Å². The number of methoxy groups -OCH3 is 2. The average Bonchev–Trinajstić information content (AvgIpc) is 3.04. The van der Waals surface area contributed by atoms with Gasteiger partial charge in [-0.2, -0.15) is 0 Å². The number of aromatic hydroxyl groups is 1. The molecule has 0 fully saturated rings. The third-order valence-corrected chi connectivity index (χ3v) is 5.22. The van der Waals surface area contributed by atoms with E-state index in [0.717, 1.165) is 10.1 Å². The maximum absolute atomic E-state index is 12.9. The van der Waals surface area contributed by atoms with Crippen molar-refractivity contribution < 1.29 is 28.9 Å². The predicted octanol–water partition coefficient (Wildman–Crippen LogP) is 4.44. The van der Waals surface area contributed by atoms with Crippen LogP contribution < -0.4 is 14.8 Å². The van der Waals surface area contributed by atoms with Gasteiger partial charge in [-0.3, -0.25) is 4.79 Å². The van der Waals surface area contributed by atoms with Crippen molar-refractivity contribution in [2.45, 2.75) is 20.0 Å². The molecule has 0 radical (unpaired) electrons. The number of anilines is 1. The number of phenols is 1. The molecule has 3 aromatic rings. The van der Waals surface area contributed by atoms with E-state index in [1.54, 1.807) is 7.11 Å². The molecule has 1 heterocycles. The van der Waals surface area contributed by atoms with Crippen LogP contribution in [-0.2, 0) is 4.74 Å². The van der Waals surface area contributed by atoms with E-state index in [9.17, 15) is 14.7 Å². The first-order valence-electron chi connectivity index (χ1n) is 8.84. The molecular formula is C21H21NO6S. The van der Waals surface area contributed by atoms with Gasteiger partial charge < -0.3 is 24.6 Å². The van der Waals surface area contributed by atoms with Crippen molar-refractivity contribution in [2.75, 3.05) is 19.5 Å². The Labute approximate surface area is 171 Å². The van der Waals surface area contributed by atoms with Gasteiger partial charge >= 0.3 is 5.97 Å². The molecule has 0 saturated carbocycles. The molecule has 0 aliphatic rings. The number of hydrogen-bond donors (Lipinski definition) is 2. The van der Waals surface area contributed by atoms with Crippen molar-refractivity contribution in [1.82, 2.24) is 0 Å². The SMILES string of the molecule is COC(=O)c1ccc(NC(=O)c2sc3ccc(OC)cc3c2OC(C)C)cc1O. The van der Waals surface area contributed by atoms with E-state index < -0.39 is 5.97 Å². The first kappa shape index (κ1) is 20.5. The fourth-order valence-corrected chi connectivity index (χ4v) is 3.78. The number of carbonyl (C=O) groups excluding carboxylic acids is 2. The maximum Gasteiger partial charge on any atom is 0.341 e. The standard InChI is InChI=1S/C21H21NO6S/c1-11(2)28-18-15-10-13(26-3)6-8-17(15)29-19(18)20(24)22-12-5-7-14(16(23)9-12)21(25)27-4/h5-11,23H,1-4H3,(H,22,24). The lowest BCUT2D eigenvalue weighted by atomic mass is 10.1. The molecule has 0 spiro atoms. The van der Waals surface area contributed by atoms with Gasteiger partial charge in [-0.15, -0.1) is 11.3 Å². The second-order valence-corrected chi connectivity index (χ2v) is 7.52. The number of benzene rings is 2. The molecule has 3 rings (SSSR count). The van der Waals surface area contributed by atoms with E-state index >= 15 is 0 Å². The van der Waals surface area contributed by atoms with Crippen LogP contribution in [0.2, 0.25) is 0 Å². The summed E-state index contributed by atoms with van der Waals surface area (Å²) in [6.45, 7) is 3.77. The van der Waals surface area contributed by atoms with E-state index in [2.05, 4.69) is 10.1 Å². The highest BCUT2D eigenvalue weighted by Gasteiger charge is 2.22. The Morgan fingerprint density at radius 2 is 1.86 bits per heavy atom. The summed E-state index contributed by atoms with van der Waals surface area (Å²) in [4.78, 5) is 24.9. The summed E-state index contributed by atoms with van der Waals surface area (Å²) in [5.74, 6) is -0.183. The Kier molecular flexibility index (Phi) is 5.93. The Morgan fingerprint density at radius 3 is 2.48 bits per heavy atom. The van der Waals surface area contributed by atoms with Gasteiger partial charge in [-0.25, -0.2) is 4.79 Å². The Balaban J connectivity index is 1.96. The summed E-state index contributed by atoms with van der Waals surface area (Å²) in [5.41, 5.74) is 0.356. The molecule has 2 aromatic carbocycles. The number of carbonyl (C=O) groups is 2. The molecule has 0 bridgehead atoms. The number of ether oxygens (including phenoxy) is 3. The molecule has 0 atom stereocenters. The fourth-order valence-electron chi connectivity index (χ4n) is 2.76. The van der Waals surface area contributed by atoms with Crippen molar-refractivity contribution in [3.63, 3.8) is 0 Å². The number of phenolic OH excluding ortho intramolecular Hbond substituents is 1. The molecule has 0 aliphatic carbocycles. The minimum atomic E-state index is -0.661. The highest BCUT2D eigenvalue weighted by Crippen LogP contribution is 2.40. The molecule has 7 nitrogen and oxygen atoms in total. The zero-order valence-electron chi connectivity index (χ0n) is 16.4. The Hall–Kier alpha value is -3.26. The molecular weight excluding hydrogens is 394 g/mol. The normalized spacial score (nSPS) is 10.8. The number of esters is 1. The quantitative estimate of drug-likeness (QED) is 0.578. The van der Waals surface area contributed by atoms with Gasteiger partial charge in [0.25, 0.3) is 5.91 Å². The van der Waals surface area contributed by atoms with Crippen LogP contribution in [0.1, 0.15) is 33.9 Å². The van der Waals surface area contributed by atoms with Crippen molar-refractivity contribution in [3.8, 4) is 17.2 Å². The molecule has 2 N–H and O–H groups in total. The lowest BCUT2D eigenvalue weighted by molar-refractivity contribution is 0.0597. The lowest BCUT2D eigenvalue weighted by Crippen LogP contribution is -2.14. The molecule has 1 amide bonds. The van der Waals surface area contributed by atoms with Crippen molar-refractivity contribution in [2.24, 2.45) is 0 Å². The van der Waals surface area contributed by atoms with Crippen LogP contribution in [0.4, 0.5) is 5.69 Å². The minimum Gasteiger partial charge on any atom is -0.507 e. The van der Waals surface area contributed by atoms with Gasteiger partial charge in [-0.1, -0.05) is 0 Å². The first-order valence-corrected chi connectivity index (χ1v) is 9.65. The largest absolute Gasteiger partial charge is 0.507 e. The Morgan fingerprint density at radius 1 is 1.10 bits per heavy atom. The van der Waals surface area contributed by atoms with Gasteiger partial charge in [0, 0.05) is 21.8 Å². The summed E-state index contributed by atoms with van der Waals surface area (Å²) in [6.07, 6.45) is -0.131. The highest BCUT2D eigenvalue weighted by molar-refractivity contribution is 7.21. The van der Waals surface area contributed by atoms with Crippen LogP contribution in [0.3, 0.4) is 0 Å². The smallest absolute Gasteiger partial charge is 0.341 e. The van der Waals surface area contributed by atoms with Crippen molar-refractivity contribution >= 4 is 39.0 Å². The highest BCUT2D eigenvalue weighted by atomic mass is 32.1. The number of fused-ring (bicyclic) bond motifs is 1. The molecule has 0 unspecified atom stereocenters. The number of amides is 1. The zero-order chi connectivity index (χ0) is 21.1. The van der Waals surface area contributed by atoms with Crippen LogP contribution in [-0.4, -0.2) is 37.3 Å². The molecule has 8 heteroatoms. The third-order valence-electron chi connectivity index (χ3n) is 4.07. The fraction of sp³-hybridized carbons (Fsp3) is 0.238. The van der Waals surface area contributed by atoms with Gasteiger partial charge in [0.1, 0.15) is 21.9 Å². The second-order valence-electron chi connectivity index (χ2n) is 6.47. The van der Waals surface area contributed by atoms with E-state index in [1.807, 2.05) is 32.0 Å². The van der Waals surface area contributed by atoms with Gasteiger partial charge in [0.2, 0.25) is 0 Å². The third kappa shape index (κ3) is 4.27. The number of hydrogen-bond acceptors (Lipinski definition) is 7. The topological polar surface area (TPSA) is 94.1 Å². The maximum atomic E-state index is 12.9. The van der Waals surface area contributed by atoms with Crippen LogP contribution in [0, 0.1) is 0 Å². The van der Waals surface area contributed by atoms with E-state index in [1.165, 1.54) is 36.6 Å². The first-order chi connectivity index (χ1) is 13.8. The van der Waals surface area contributed by atoms with E-state index in [4.69, 9.17) is 9.47 Å². The monoisotopic (exact) mass is 415 g/mol. The summed E-state index contributed by atoms with van der Waals surface area (Å²) in [5, 5.41) is 13.6. The summed E-state index contributed by atoms with van der Waals surface area (Å²) in [6, 6.07) is 9.73. The van der Waals surface area contributed by atoms with Crippen molar-refractivity contribution in [1.29, 1.82) is 0 Å². The summed E-state index contributed by atoms with van der Waals surface area (Å²) < 4.78 is 16.7. The number of thiophene rings is 1. The van der Waals surface area contributed by atoms with E-state index in [-0.39, 0.29) is 23.3 Å². The van der Waals surface area contributed by atoms with Crippen molar-refractivity contribution in [3.05, 3.63) is 46.8 Å². The number of rotatable bonds is 6. The molecule has 0 saturated heterocycles. The molecule has 1 aromatic heterocycles. The van der Waals surface area contributed by atoms with Crippen LogP contribution in [0.15, 0.2) is 36.4 Å². The van der Waals surface area contributed by atoms with Gasteiger partial charge in [0.05, 0.1) is 20.3 Å². The number of nitrogens with one attached hydrogen (secondary N) is 1. The molecule has 152 valence electrons. The van der Waals surface area contributed by atoms with Gasteiger partial charge in [-0.05, 0) is 44.2 Å². The van der Waals surface area contributed by atoms with Crippen LogP contribution in [0.5, 0.6) is 17.2 Å². The molecule has 29 heavy (non-hydrogen) atoms. The molecule has 0 aliphatic heterocycles. The predicted molar refractivity (Wildman–Crippen MR) is 112 cm³/mol. The summed E-state index contributed by atoms with van der Waals surface area (Å²) >= 11 is 1.30.